The van der Waals surface area contributed by atoms with Crippen LogP contribution in [0.5, 0.6) is 0 Å². The SMILES string of the molecule is COCC(=O)Nc1ccc(N2C(=S)N[C@@H](c3ccccn3)[C@H]2c2ccn(C(C)C)c2)cc1Cl. The number of halogens is 1. The minimum atomic E-state index is -0.270. The second-order valence-electron chi connectivity index (χ2n) is 8.13. The van der Waals surface area contributed by atoms with E-state index in [-0.39, 0.29) is 24.6 Å². The van der Waals surface area contributed by atoms with Gasteiger partial charge in [0.2, 0.25) is 5.91 Å². The smallest absolute Gasteiger partial charge is 0.250 e. The summed E-state index contributed by atoms with van der Waals surface area (Å²) < 4.78 is 7.05. The van der Waals surface area contributed by atoms with E-state index in [1.54, 1.807) is 12.3 Å². The summed E-state index contributed by atoms with van der Waals surface area (Å²) in [6.07, 6.45) is 6.01. The summed E-state index contributed by atoms with van der Waals surface area (Å²) in [6.45, 7) is 4.25. The Hall–Kier alpha value is -2.94. The third-order valence-electron chi connectivity index (χ3n) is 5.55. The molecule has 1 aliphatic rings. The van der Waals surface area contributed by atoms with Gasteiger partial charge in [0, 0.05) is 37.4 Å². The number of ether oxygens (including phenoxy) is 1. The van der Waals surface area contributed by atoms with Crippen molar-refractivity contribution in [3.8, 4) is 0 Å². The van der Waals surface area contributed by atoms with Gasteiger partial charge in [0.25, 0.3) is 0 Å². The van der Waals surface area contributed by atoms with Crippen LogP contribution in [0.4, 0.5) is 11.4 Å². The number of carbonyl (C=O) groups excluding carboxylic acids is 1. The number of aromatic nitrogens is 2. The average Bonchev–Trinajstić information content (AvgIpc) is 3.41. The summed E-state index contributed by atoms with van der Waals surface area (Å²) in [5.41, 5.74) is 3.35. The molecule has 1 amide bonds. The van der Waals surface area contributed by atoms with Crippen LogP contribution in [-0.4, -0.2) is 34.3 Å². The quantitative estimate of drug-likeness (QED) is 0.467. The van der Waals surface area contributed by atoms with Crippen molar-refractivity contribution >= 4 is 46.2 Å². The Kier molecular flexibility index (Phi) is 6.97. The molecule has 0 aliphatic carbocycles. The highest BCUT2D eigenvalue weighted by atomic mass is 35.5. The number of amides is 1. The molecule has 7 nitrogen and oxygen atoms in total. The van der Waals surface area contributed by atoms with E-state index in [2.05, 4.69) is 57.4 Å². The van der Waals surface area contributed by atoms with Crippen molar-refractivity contribution in [2.24, 2.45) is 0 Å². The van der Waals surface area contributed by atoms with Gasteiger partial charge < -0.3 is 24.8 Å². The summed E-state index contributed by atoms with van der Waals surface area (Å²) in [7, 11) is 1.47. The van der Waals surface area contributed by atoms with Crippen molar-refractivity contribution < 1.29 is 9.53 Å². The Balaban J connectivity index is 1.72. The van der Waals surface area contributed by atoms with E-state index in [9.17, 15) is 4.79 Å². The second kappa shape index (κ2) is 9.91. The van der Waals surface area contributed by atoms with E-state index in [0.29, 0.717) is 21.9 Å². The van der Waals surface area contributed by atoms with Gasteiger partial charge in [-0.1, -0.05) is 17.7 Å². The number of hydrogen-bond acceptors (Lipinski definition) is 4. The molecule has 0 radical (unpaired) electrons. The van der Waals surface area contributed by atoms with Crippen molar-refractivity contribution in [1.29, 1.82) is 0 Å². The van der Waals surface area contributed by atoms with E-state index in [4.69, 9.17) is 28.6 Å². The summed E-state index contributed by atoms with van der Waals surface area (Å²) in [5.74, 6) is -0.270. The molecule has 0 bridgehead atoms. The van der Waals surface area contributed by atoms with Crippen LogP contribution in [0.1, 0.15) is 43.2 Å². The molecule has 4 rings (SSSR count). The fraction of sp³-hybridized carbons (Fsp3) is 0.292. The molecular formula is C24H26ClN5O2S. The van der Waals surface area contributed by atoms with Gasteiger partial charge in [0.05, 0.1) is 28.5 Å². The number of hydrogen-bond donors (Lipinski definition) is 2. The van der Waals surface area contributed by atoms with Crippen molar-refractivity contribution in [1.82, 2.24) is 14.9 Å². The molecule has 9 heteroatoms. The summed E-state index contributed by atoms with van der Waals surface area (Å²) in [4.78, 5) is 18.5. The fourth-order valence-corrected chi connectivity index (χ4v) is 4.54. The van der Waals surface area contributed by atoms with Crippen LogP contribution in [0.25, 0.3) is 0 Å². The third kappa shape index (κ3) is 4.88. The maximum Gasteiger partial charge on any atom is 0.250 e. The van der Waals surface area contributed by atoms with E-state index in [1.807, 2.05) is 30.3 Å². The molecule has 0 unspecified atom stereocenters. The molecule has 1 aromatic carbocycles. The molecule has 2 aromatic heterocycles. The summed E-state index contributed by atoms with van der Waals surface area (Å²) >= 11 is 12.3. The standard InChI is InChI=1S/C24H26ClN5O2S/c1-15(2)29-11-9-16(13-29)23-22(20-6-4-5-10-26-20)28-24(33)30(23)17-7-8-19(18(25)12-17)27-21(31)14-32-3/h4-13,15,22-23H,14H2,1-3H3,(H,27,31)(H,28,33)/t22-,23+/m0/s1. The lowest BCUT2D eigenvalue weighted by molar-refractivity contribution is -0.119. The molecule has 1 saturated heterocycles. The zero-order valence-corrected chi connectivity index (χ0v) is 20.2. The molecule has 1 aliphatic heterocycles. The minimum Gasteiger partial charge on any atom is -0.375 e. The Morgan fingerprint density at radius 3 is 2.76 bits per heavy atom. The van der Waals surface area contributed by atoms with E-state index >= 15 is 0 Å². The first-order valence-corrected chi connectivity index (χ1v) is 11.4. The number of pyridine rings is 1. The first-order valence-electron chi connectivity index (χ1n) is 10.7. The lowest BCUT2D eigenvalue weighted by Crippen LogP contribution is -2.29. The fourth-order valence-electron chi connectivity index (χ4n) is 3.97. The third-order valence-corrected chi connectivity index (χ3v) is 6.18. The van der Waals surface area contributed by atoms with Gasteiger partial charge in [-0.05, 0) is 68.0 Å². The van der Waals surface area contributed by atoms with Gasteiger partial charge in [-0.25, -0.2) is 0 Å². The van der Waals surface area contributed by atoms with Crippen molar-refractivity contribution in [3.05, 3.63) is 77.3 Å². The van der Waals surface area contributed by atoms with Gasteiger partial charge in [-0.2, -0.15) is 0 Å². The zero-order valence-electron chi connectivity index (χ0n) is 18.7. The number of nitrogens with one attached hydrogen (secondary N) is 2. The van der Waals surface area contributed by atoms with Crippen LogP contribution in [0, 0.1) is 0 Å². The van der Waals surface area contributed by atoms with Crippen molar-refractivity contribution in [3.63, 3.8) is 0 Å². The zero-order chi connectivity index (χ0) is 23.5. The van der Waals surface area contributed by atoms with Crippen LogP contribution >= 0.6 is 23.8 Å². The molecule has 2 N–H and O–H groups in total. The summed E-state index contributed by atoms with van der Waals surface area (Å²) in [5, 5.41) is 7.20. The maximum atomic E-state index is 11.9. The number of anilines is 2. The highest BCUT2D eigenvalue weighted by molar-refractivity contribution is 7.80. The predicted molar refractivity (Wildman–Crippen MR) is 135 cm³/mol. The molecule has 172 valence electrons. The summed E-state index contributed by atoms with van der Waals surface area (Å²) in [6, 6.07) is 13.5. The van der Waals surface area contributed by atoms with Gasteiger partial charge in [-0.3, -0.25) is 9.78 Å². The van der Waals surface area contributed by atoms with Gasteiger partial charge in [-0.15, -0.1) is 0 Å². The second-order valence-corrected chi connectivity index (χ2v) is 8.92. The molecule has 1 fully saturated rings. The predicted octanol–water partition coefficient (Wildman–Crippen LogP) is 4.88. The Labute approximate surface area is 203 Å². The minimum absolute atomic E-state index is 0.0428. The Morgan fingerprint density at radius 2 is 2.12 bits per heavy atom. The van der Waals surface area contributed by atoms with Gasteiger partial charge in [0.15, 0.2) is 5.11 Å². The Bertz CT molecular complexity index is 1150. The first-order chi connectivity index (χ1) is 15.9. The van der Waals surface area contributed by atoms with E-state index < -0.39 is 0 Å². The molecule has 3 aromatic rings. The normalized spacial score (nSPS) is 18.0. The topological polar surface area (TPSA) is 71.4 Å². The lowest BCUT2D eigenvalue weighted by Gasteiger charge is -2.27. The van der Waals surface area contributed by atoms with Crippen LogP contribution < -0.4 is 15.5 Å². The Morgan fingerprint density at radius 1 is 1.30 bits per heavy atom. The molecular weight excluding hydrogens is 458 g/mol. The van der Waals surface area contributed by atoms with Crippen molar-refractivity contribution in [2.75, 3.05) is 23.9 Å². The average molecular weight is 484 g/mol. The number of thiocarbonyl (C=S) groups is 1. The number of benzene rings is 1. The first kappa shape index (κ1) is 23.2. The van der Waals surface area contributed by atoms with E-state index in [0.717, 1.165) is 16.9 Å². The maximum absolute atomic E-state index is 11.9. The van der Waals surface area contributed by atoms with Gasteiger partial charge >= 0.3 is 0 Å². The molecule has 0 saturated carbocycles. The lowest BCUT2D eigenvalue weighted by atomic mass is 9.98. The highest BCUT2D eigenvalue weighted by Gasteiger charge is 2.41. The molecule has 0 spiro atoms. The largest absolute Gasteiger partial charge is 0.375 e. The van der Waals surface area contributed by atoms with E-state index in [1.165, 1.54) is 7.11 Å². The number of methoxy groups -OCH3 is 1. The molecule has 2 atom stereocenters. The molecule has 33 heavy (non-hydrogen) atoms. The number of rotatable bonds is 7. The van der Waals surface area contributed by atoms with Gasteiger partial charge in [0.1, 0.15) is 6.61 Å². The monoisotopic (exact) mass is 483 g/mol. The number of carbonyl (C=O) groups is 1. The highest BCUT2D eigenvalue weighted by Crippen LogP contribution is 2.43. The van der Waals surface area contributed by atoms with Crippen molar-refractivity contribution in [2.45, 2.75) is 32.0 Å². The van der Waals surface area contributed by atoms with Crippen LogP contribution in [-0.2, 0) is 9.53 Å². The van der Waals surface area contributed by atoms with Crippen LogP contribution in [0.2, 0.25) is 5.02 Å². The van der Waals surface area contributed by atoms with Crippen LogP contribution in [0.3, 0.4) is 0 Å². The molecule has 3 heterocycles. The van der Waals surface area contributed by atoms with Crippen LogP contribution in [0.15, 0.2) is 61.1 Å². The number of nitrogens with zero attached hydrogens (tertiary/aromatic N) is 3.